The Morgan fingerprint density at radius 1 is 1.71 bits per heavy atom. The lowest BCUT2D eigenvalue weighted by Gasteiger charge is -2.09. The van der Waals surface area contributed by atoms with Crippen molar-refractivity contribution in [2.24, 2.45) is 0 Å². The maximum atomic E-state index is 11.6. The molecule has 0 aliphatic carbocycles. The van der Waals surface area contributed by atoms with E-state index in [1.165, 1.54) is 12.8 Å². The van der Waals surface area contributed by atoms with Crippen LogP contribution < -0.4 is 10.6 Å². The van der Waals surface area contributed by atoms with Crippen LogP contribution in [0.15, 0.2) is 10.6 Å². The van der Waals surface area contributed by atoms with Crippen LogP contribution in [0.3, 0.4) is 0 Å². The predicted octanol–water partition coefficient (Wildman–Crippen LogP) is 1.28. The summed E-state index contributed by atoms with van der Waals surface area (Å²) in [5, 5.41) is 9.89. The summed E-state index contributed by atoms with van der Waals surface area (Å²) in [5.41, 5.74) is 0.358. The number of halogens is 1. The van der Waals surface area contributed by atoms with Crippen molar-refractivity contribution in [3.63, 3.8) is 0 Å². The summed E-state index contributed by atoms with van der Waals surface area (Å²) < 4.78 is 4.84. The van der Waals surface area contributed by atoms with Gasteiger partial charge in [-0.3, -0.25) is 4.79 Å². The summed E-state index contributed by atoms with van der Waals surface area (Å²) in [6.07, 6.45) is 3.42. The standard InChI is InChI=1S/C11H17N3O2.ClH/c1-8-7-10(14-16-8)11(15)13-6-4-9-3-2-5-12-9;/h7,9,12H,2-6H2,1H3,(H,13,15);1H/t9-;/m1./s1. The highest BCUT2D eigenvalue weighted by molar-refractivity contribution is 5.92. The Labute approximate surface area is 107 Å². The summed E-state index contributed by atoms with van der Waals surface area (Å²) in [7, 11) is 0. The smallest absolute Gasteiger partial charge is 0.273 e. The Balaban J connectivity index is 0.00000144. The number of amides is 1. The van der Waals surface area contributed by atoms with Crippen LogP contribution in [0.5, 0.6) is 0 Å². The van der Waals surface area contributed by atoms with E-state index in [1.54, 1.807) is 13.0 Å². The van der Waals surface area contributed by atoms with Gasteiger partial charge in [-0.1, -0.05) is 5.16 Å². The highest BCUT2D eigenvalue weighted by Gasteiger charge is 2.15. The van der Waals surface area contributed by atoms with E-state index in [1.807, 2.05) is 0 Å². The first kappa shape index (κ1) is 14.0. The van der Waals surface area contributed by atoms with Crippen LogP contribution in [0, 0.1) is 6.92 Å². The van der Waals surface area contributed by atoms with Crippen LogP contribution in [-0.2, 0) is 0 Å². The zero-order valence-corrected chi connectivity index (χ0v) is 10.7. The van der Waals surface area contributed by atoms with Gasteiger partial charge in [0.2, 0.25) is 0 Å². The van der Waals surface area contributed by atoms with Crippen molar-refractivity contribution in [3.05, 3.63) is 17.5 Å². The lowest BCUT2D eigenvalue weighted by Crippen LogP contribution is -2.30. The summed E-state index contributed by atoms with van der Waals surface area (Å²) >= 11 is 0. The van der Waals surface area contributed by atoms with Crippen molar-refractivity contribution in [1.29, 1.82) is 0 Å². The molecule has 0 aromatic carbocycles. The molecule has 17 heavy (non-hydrogen) atoms. The van der Waals surface area contributed by atoms with Crippen molar-refractivity contribution in [2.75, 3.05) is 13.1 Å². The molecule has 1 aliphatic heterocycles. The highest BCUT2D eigenvalue weighted by atomic mass is 35.5. The zero-order chi connectivity index (χ0) is 11.4. The molecule has 2 N–H and O–H groups in total. The van der Waals surface area contributed by atoms with Gasteiger partial charge in [0, 0.05) is 18.7 Å². The number of carbonyl (C=O) groups is 1. The van der Waals surface area contributed by atoms with Crippen molar-refractivity contribution in [2.45, 2.75) is 32.2 Å². The maximum Gasteiger partial charge on any atom is 0.273 e. The minimum absolute atomic E-state index is 0. The Bertz CT molecular complexity index is 361. The van der Waals surface area contributed by atoms with Crippen LogP contribution in [0.25, 0.3) is 0 Å². The van der Waals surface area contributed by atoms with Crippen LogP contribution >= 0.6 is 12.4 Å². The van der Waals surface area contributed by atoms with E-state index >= 15 is 0 Å². The van der Waals surface area contributed by atoms with Crippen molar-refractivity contribution in [3.8, 4) is 0 Å². The Morgan fingerprint density at radius 2 is 2.53 bits per heavy atom. The van der Waals surface area contributed by atoms with Gasteiger partial charge in [0.15, 0.2) is 5.69 Å². The van der Waals surface area contributed by atoms with Gasteiger partial charge >= 0.3 is 0 Å². The molecule has 0 bridgehead atoms. The second kappa shape index (κ2) is 6.61. The summed E-state index contributed by atoms with van der Waals surface area (Å²) in [6, 6.07) is 2.20. The van der Waals surface area contributed by atoms with Crippen LogP contribution in [0.1, 0.15) is 35.5 Å². The number of hydrogen-bond donors (Lipinski definition) is 2. The first-order valence-electron chi connectivity index (χ1n) is 5.70. The third-order valence-electron chi connectivity index (χ3n) is 2.80. The molecule has 1 aromatic heterocycles. The second-order valence-corrected chi connectivity index (χ2v) is 4.16. The summed E-state index contributed by atoms with van der Waals surface area (Å²) in [4.78, 5) is 11.6. The quantitative estimate of drug-likeness (QED) is 0.855. The van der Waals surface area contributed by atoms with E-state index in [9.17, 15) is 4.79 Å². The fourth-order valence-corrected chi connectivity index (χ4v) is 1.93. The second-order valence-electron chi connectivity index (χ2n) is 4.16. The first-order chi connectivity index (χ1) is 7.75. The van der Waals surface area contributed by atoms with E-state index < -0.39 is 0 Å². The van der Waals surface area contributed by atoms with E-state index in [0.717, 1.165) is 13.0 Å². The zero-order valence-electron chi connectivity index (χ0n) is 9.86. The minimum Gasteiger partial charge on any atom is -0.361 e. The number of nitrogens with zero attached hydrogens (tertiary/aromatic N) is 1. The third-order valence-corrected chi connectivity index (χ3v) is 2.80. The van der Waals surface area contributed by atoms with Crippen molar-refractivity contribution < 1.29 is 9.32 Å². The molecule has 1 aromatic rings. The number of carbonyl (C=O) groups excluding carboxylic acids is 1. The van der Waals surface area contributed by atoms with Gasteiger partial charge in [0.1, 0.15) is 5.76 Å². The van der Waals surface area contributed by atoms with Crippen molar-refractivity contribution >= 4 is 18.3 Å². The number of aryl methyl sites for hydroxylation is 1. The molecule has 2 rings (SSSR count). The molecular formula is C11H18ClN3O2. The lowest BCUT2D eigenvalue weighted by atomic mass is 10.1. The lowest BCUT2D eigenvalue weighted by molar-refractivity contribution is 0.0943. The van der Waals surface area contributed by atoms with Gasteiger partial charge in [-0.05, 0) is 32.7 Å². The Hall–Kier alpha value is -1.07. The van der Waals surface area contributed by atoms with Crippen LogP contribution in [0.2, 0.25) is 0 Å². The van der Waals surface area contributed by atoms with E-state index in [-0.39, 0.29) is 18.3 Å². The molecule has 0 spiro atoms. The predicted molar refractivity (Wildman–Crippen MR) is 66.5 cm³/mol. The average molecular weight is 260 g/mol. The Kier molecular flexibility index (Phi) is 5.44. The fourth-order valence-electron chi connectivity index (χ4n) is 1.93. The minimum atomic E-state index is -0.158. The number of aromatic nitrogens is 1. The third kappa shape index (κ3) is 4.02. The molecule has 0 saturated carbocycles. The largest absolute Gasteiger partial charge is 0.361 e. The average Bonchev–Trinajstić information content (AvgIpc) is 2.89. The highest BCUT2D eigenvalue weighted by Crippen LogP contribution is 2.07. The molecule has 1 amide bonds. The molecule has 6 heteroatoms. The van der Waals surface area contributed by atoms with Gasteiger partial charge in [-0.15, -0.1) is 12.4 Å². The van der Waals surface area contributed by atoms with E-state index in [0.29, 0.717) is 24.0 Å². The first-order valence-corrected chi connectivity index (χ1v) is 5.70. The topological polar surface area (TPSA) is 67.2 Å². The molecule has 96 valence electrons. The monoisotopic (exact) mass is 259 g/mol. The molecule has 5 nitrogen and oxygen atoms in total. The summed E-state index contributed by atoms with van der Waals surface area (Å²) in [6.45, 7) is 3.55. The van der Waals surface area contributed by atoms with E-state index in [4.69, 9.17) is 4.52 Å². The molecular weight excluding hydrogens is 242 g/mol. The van der Waals surface area contributed by atoms with Gasteiger partial charge in [-0.25, -0.2) is 0 Å². The number of hydrogen-bond acceptors (Lipinski definition) is 4. The fraction of sp³-hybridized carbons (Fsp3) is 0.636. The van der Waals surface area contributed by atoms with Crippen LogP contribution in [0.4, 0.5) is 0 Å². The van der Waals surface area contributed by atoms with Gasteiger partial charge in [-0.2, -0.15) is 0 Å². The molecule has 0 unspecified atom stereocenters. The Morgan fingerprint density at radius 3 is 3.12 bits per heavy atom. The number of nitrogens with one attached hydrogen (secondary N) is 2. The van der Waals surface area contributed by atoms with E-state index in [2.05, 4.69) is 15.8 Å². The molecule has 0 radical (unpaired) electrons. The molecule has 1 aliphatic rings. The summed E-state index contributed by atoms with van der Waals surface area (Å²) in [5.74, 6) is 0.498. The van der Waals surface area contributed by atoms with Gasteiger partial charge in [0.05, 0.1) is 0 Å². The van der Waals surface area contributed by atoms with Gasteiger partial charge < -0.3 is 15.2 Å². The SMILES string of the molecule is Cc1cc(C(=O)NCC[C@H]2CCCN2)no1.Cl. The molecule has 1 atom stereocenters. The molecule has 2 heterocycles. The van der Waals surface area contributed by atoms with Crippen LogP contribution in [-0.4, -0.2) is 30.2 Å². The normalized spacial score (nSPS) is 18.8. The van der Waals surface area contributed by atoms with Gasteiger partial charge in [0.25, 0.3) is 5.91 Å². The maximum absolute atomic E-state index is 11.6. The van der Waals surface area contributed by atoms with Crippen molar-refractivity contribution in [1.82, 2.24) is 15.8 Å². The molecule has 1 fully saturated rings. The number of rotatable bonds is 4. The molecule has 1 saturated heterocycles.